The summed E-state index contributed by atoms with van der Waals surface area (Å²) in [6.07, 6.45) is 2.48. The molecule has 0 aliphatic carbocycles. The van der Waals surface area contributed by atoms with Crippen molar-refractivity contribution in [1.82, 2.24) is 4.90 Å². The van der Waals surface area contributed by atoms with Gasteiger partial charge in [0.1, 0.15) is 12.4 Å². The molecular formula is C18H32N2O. The minimum Gasteiger partial charge on any atom is -0.490 e. The van der Waals surface area contributed by atoms with E-state index in [1.54, 1.807) is 0 Å². The van der Waals surface area contributed by atoms with Gasteiger partial charge in [0.15, 0.2) is 0 Å². The molecule has 0 aromatic heterocycles. The maximum absolute atomic E-state index is 5.90. The number of nitrogens with zero attached hydrogens (tertiary/aromatic N) is 1. The molecule has 0 saturated carbocycles. The predicted octanol–water partition coefficient (Wildman–Crippen LogP) is 4.04. The van der Waals surface area contributed by atoms with Crippen molar-refractivity contribution in [2.75, 3.05) is 32.0 Å². The van der Waals surface area contributed by atoms with Gasteiger partial charge in [0.05, 0.1) is 5.69 Å². The summed E-state index contributed by atoms with van der Waals surface area (Å²) in [6.45, 7) is 13.1. The highest BCUT2D eigenvalue weighted by atomic mass is 16.5. The molecule has 0 aliphatic rings. The molecular weight excluding hydrogens is 260 g/mol. The Morgan fingerprint density at radius 1 is 0.952 bits per heavy atom. The van der Waals surface area contributed by atoms with Crippen LogP contribution in [0.25, 0.3) is 0 Å². The van der Waals surface area contributed by atoms with Gasteiger partial charge in [-0.25, -0.2) is 0 Å². The first kappa shape index (κ1) is 17.8. The molecule has 3 nitrogen and oxygen atoms in total. The molecule has 0 bridgehead atoms. The zero-order valence-electron chi connectivity index (χ0n) is 14.1. The fraction of sp³-hybridized carbons (Fsp3) is 0.667. The lowest BCUT2D eigenvalue weighted by Crippen LogP contribution is -2.31. The minimum atomic E-state index is 0.699. The zero-order valence-corrected chi connectivity index (χ0v) is 14.1. The molecule has 1 aromatic carbocycles. The van der Waals surface area contributed by atoms with Crippen LogP contribution in [0.2, 0.25) is 0 Å². The Morgan fingerprint density at radius 3 is 2.05 bits per heavy atom. The number of anilines is 1. The summed E-state index contributed by atoms with van der Waals surface area (Å²) in [4.78, 5) is 2.51. The number of hydrogen-bond donors (Lipinski definition) is 1. The van der Waals surface area contributed by atoms with E-state index >= 15 is 0 Å². The Morgan fingerprint density at radius 2 is 1.52 bits per heavy atom. The molecule has 0 fully saturated rings. The molecule has 120 valence electrons. The average Bonchev–Trinajstić information content (AvgIpc) is 2.42. The average molecular weight is 292 g/mol. The zero-order chi connectivity index (χ0) is 15.7. The van der Waals surface area contributed by atoms with Crippen LogP contribution in [-0.4, -0.2) is 31.1 Å². The molecule has 1 rings (SSSR count). The Balaban J connectivity index is 2.38. The number of para-hydroxylation sites is 2. The van der Waals surface area contributed by atoms with Gasteiger partial charge < -0.3 is 10.5 Å². The Kier molecular flexibility index (Phi) is 8.21. The van der Waals surface area contributed by atoms with Crippen molar-refractivity contribution in [1.29, 1.82) is 0 Å². The van der Waals surface area contributed by atoms with E-state index in [1.165, 1.54) is 12.8 Å². The molecule has 0 spiro atoms. The van der Waals surface area contributed by atoms with Crippen LogP contribution in [0.4, 0.5) is 5.69 Å². The first-order valence-corrected chi connectivity index (χ1v) is 8.18. The van der Waals surface area contributed by atoms with Crippen LogP contribution in [0.5, 0.6) is 5.75 Å². The van der Waals surface area contributed by atoms with Gasteiger partial charge in [0.25, 0.3) is 0 Å². The molecule has 3 heteroatoms. The number of ether oxygens (including phenoxy) is 1. The van der Waals surface area contributed by atoms with Gasteiger partial charge in [-0.1, -0.05) is 39.8 Å². The van der Waals surface area contributed by atoms with Crippen LogP contribution in [0.3, 0.4) is 0 Å². The van der Waals surface area contributed by atoms with Gasteiger partial charge in [-0.15, -0.1) is 0 Å². The second-order valence-electron chi connectivity index (χ2n) is 6.59. The van der Waals surface area contributed by atoms with Crippen LogP contribution in [-0.2, 0) is 0 Å². The number of hydrogen-bond acceptors (Lipinski definition) is 3. The lowest BCUT2D eigenvalue weighted by Gasteiger charge is -2.24. The number of benzene rings is 1. The fourth-order valence-electron chi connectivity index (χ4n) is 2.11. The van der Waals surface area contributed by atoms with Crippen molar-refractivity contribution in [2.45, 2.75) is 40.5 Å². The minimum absolute atomic E-state index is 0.699. The molecule has 0 saturated heterocycles. The maximum atomic E-state index is 5.90. The third-order valence-electron chi connectivity index (χ3n) is 3.63. The van der Waals surface area contributed by atoms with Crippen molar-refractivity contribution in [2.24, 2.45) is 11.8 Å². The predicted molar refractivity (Wildman–Crippen MR) is 91.7 cm³/mol. The molecule has 0 amide bonds. The van der Waals surface area contributed by atoms with Gasteiger partial charge in [-0.2, -0.15) is 0 Å². The molecule has 0 heterocycles. The number of nitrogen functional groups attached to an aromatic ring is 1. The van der Waals surface area contributed by atoms with Gasteiger partial charge in [0.2, 0.25) is 0 Å². The first-order valence-electron chi connectivity index (χ1n) is 8.18. The van der Waals surface area contributed by atoms with E-state index in [9.17, 15) is 0 Å². The van der Waals surface area contributed by atoms with Gasteiger partial charge in [-0.05, 0) is 49.9 Å². The van der Waals surface area contributed by atoms with E-state index in [4.69, 9.17) is 10.5 Å². The van der Waals surface area contributed by atoms with Crippen molar-refractivity contribution in [3.63, 3.8) is 0 Å². The van der Waals surface area contributed by atoms with Crippen molar-refractivity contribution >= 4 is 5.69 Å². The summed E-state index contributed by atoms with van der Waals surface area (Å²) in [5, 5.41) is 0. The van der Waals surface area contributed by atoms with E-state index in [0.29, 0.717) is 12.3 Å². The highest BCUT2D eigenvalue weighted by molar-refractivity contribution is 5.51. The van der Waals surface area contributed by atoms with Gasteiger partial charge in [0, 0.05) is 6.54 Å². The van der Waals surface area contributed by atoms with E-state index in [1.807, 2.05) is 24.3 Å². The maximum Gasteiger partial charge on any atom is 0.142 e. The first-order chi connectivity index (χ1) is 9.99. The largest absolute Gasteiger partial charge is 0.490 e. The lowest BCUT2D eigenvalue weighted by molar-refractivity contribution is 0.194. The monoisotopic (exact) mass is 292 g/mol. The van der Waals surface area contributed by atoms with E-state index in [0.717, 1.165) is 37.2 Å². The molecule has 0 aliphatic heterocycles. The van der Waals surface area contributed by atoms with Gasteiger partial charge >= 0.3 is 0 Å². The van der Waals surface area contributed by atoms with Crippen molar-refractivity contribution < 1.29 is 4.74 Å². The topological polar surface area (TPSA) is 38.5 Å². The van der Waals surface area contributed by atoms with Gasteiger partial charge in [-0.3, -0.25) is 4.90 Å². The molecule has 0 atom stereocenters. The second kappa shape index (κ2) is 9.67. The number of rotatable bonds is 10. The SMILES string of the molecule is CC(C)CCN(CCOc1ccccc1N)CCC(C)C. The normalized spacial score (nSPS) is 11.6. The molecule has 0 unspecified atom stereocenters. The summed E-state index contributed by atoms with van der Waals surface area (Å²) >= 11 is 0. The lowest BCUT2D eigenvalue weighted by atomic mass is 10.1. The van der Waals surface area contributed by atoms with Crippen LogP contribution < -0.4 is 10.5 Å². The van der Waals surface area contributed by atoms with Crippen LogP contribution in [0, 0.1) is 11.8 Å². The van der Waals surface area contributed by atoms with E-state index in [-0.39, 0.29) is 0 Å². The molecule has 1 aromatic rings. The number of nitrogens with two attached hydrogens (primary N) is 1. The summed E-state index contributed by atoms with van der Waals surface area (Å²) in [5.41, 5.74) is 6.61. The van der Waals surface area contributed by atoms with E-state index in [2.05, 4.69) is 32.6 Å². The van der Waals surface area contributed by atoms with Crippen molar-refractivity contribution in [3.05, 3.63) is 24.3 Å². The quantitative estimate of drug-likeness (QED) is 0.661. The highest BCUT2D eigenvalue weighted by Crippen LogP contribution is 2.19. The highest BCUT2D eigenvalue weighted by Gasteiger charge is 2.08. The molecule has 21 heavy (non-hydrogen) atoms. The fourth-order valence-corrected chi connectivity index (χ4v) is 2.11. The summed E-state index contributed by atoms with van der Waals surface area (Å²) < 4.78 is 5.81. The van der Waals surface area contributed by atoms with E-state index < -0.39 is 0 Å². The molecule has 2 N–H and O–H groups in total. The Bertz CT molecular complexity index is 379. The standard InChI is InChI=1S/C18H32N2O/c1-15(2)9-11-20(12-10-16(3)4)13-14-21-18-8-6-5-7-17(18)19/h5-8,15-16H,9-14,19H2,1-4H3. The van der Waals surface area contributed by atoms with Crippen LogP contribution in [0.1, 0.15) is 40.5 Å². The summed E-state index contributed by atoms with van der Waals surface area (Å²) in [5.74, 6) is 2.29. The molecule has 0 radical (unpaired) electrons. The summed E-state index contributed by atoms with van der Waals surface area (Å²) in [6, 6.07) is 7.70. The summed E-state index contributed by atoms with van der Waals surface area (Å²) in [7, 11) is 0. The van der Waals surface area contributed by atoms with Crippen molar-refractivity contribution in [3.8, 4) is 5.75 Å². The Hall–Kier alpha value is -1.22. The Labute approximate surface area is 130 Å². The third-order valence-corrected chi connectivity index (χ3v) is 3.63. The van der Waals surface area contributed by atoms with Crippen LogP contribution >= 0.6 is 0 Å². The third kappa shape index (κ3) is 7.96. The smallest absolute Gasteiger partial charge is 0.142 e. The van der Waals surface area contributed by atoms with Crippen LogP contribution in [0.15, 0.2) is 24.3 Å². The second-order valence-corrected chi connectivity index (χ2v) is 6.59.